The lowest BCUT2D eigenvalue weighted by molar-refractivity contribution is 0.370. The van der Waals surface area contributed by atoms with Gasteiger partial charge in [-0.15, -0.1) is 0 Å². The maximum Gasteiger partial charge on any atom is 0.0397 e. The van der Waals surface area contributed by atoms with Crippen molar-refractivity contribution in [2.45, 2.75) is 26.7 Å². The van der Waals surface area contributed by atoms with Gasteiger partial charge in [-0.05, 0) is 55.5 Å². The SMILES string of the molecule is CNCC(Cc1ccc2c(c1)CCN2C)C(C)C. The van der Waals surface area contributed by atoms with Crippen LogP contribution in [0.15, 0.2) is 18.2 Å². The maximum atomic E-state index is 3.32. The van der Waals surface area contributed by atoms with E-state index >= 15 is 0 Å². The Balaban J connectivity index is 2.10. The highest BCUT2D eigenvalue weighted by Gasteiger charge is 2.18. The summed E-state index contributed by atoms with van der Waals surface area (Å²) in [6.07, 6.45) is 2.40. The highest BCUT2D eigenvalue weighted by Crippen LogP contribution is 2.28. The molecule has 1 aliphatic rings. The summed E-state index contributed by atoms with van der Waals surface area (Å²) in [5, 5.41) is 3.32. The fourth-order valence-electron chi connectivity index (χ4n) is 2.86. The van der Waals surface area contributed by atoms with E-state index < -0.39 is 0 Å². The van der Waals surface area contributed by atoms with Gasteiger partial charge in [0.05, 0.1) is 0 Å². The molecule has 18 heavy (non-hydrogen) atoms. The zero-order chi connectivity index (χ0) is 13.1. The standard InChI is InChI=1S/C16H26N2/c1-12(2)15(11-17-3)10-13-5-6-16-14(9-13)7-8-18(16)4/h5-6,9,12,15,17H,7-8,10-11H2,1-4H3. The van der Waals surface area contributed by atoms with Crippen molar-refractivity contribution < 1.29 is 0 Å². The van der Waals surface area contributed by atoms with Gasteiger partial charge in [0.2, 0.25) is 0 Å². The maximum absolute atomic E-state index is 3.32. The molecule has 0 fully saturated rings. The summed E-state index contributed by atoms with van der Waals surface area (Å²) in [5.74, 6) is 1.46. The third kappa shape index (κ3) is 2.86. The molecular formula is C16H26N2. The number of nitrogens with one attached hydrogen (secondary N) is 1. The van der Waals surface area contributed by atoms with Crippen LogP contribution in [0.25, 0.3) is 0 Å². The Kier molecular flexibility index (Phi) is 4.28. The van der Waals surface area contributed by atoms with E-state index in [1.165, 1.54) is 36.2 Å². The van der Waals surface area contributed by atoms with E-state index in [0.29, 0.717) is 0 Å². The summed E-state index contributed by atoms with van der Waals surface area (Å²) >= 11 is 0. The Morgan fingerprint density at radius 1 is 1.33 bits per heavy atom. The number of hydrogen-bond acceptors (Lipinski definition) is 2. The Morgan fingerprint density at radius 2 is 2.11 bits per heavy atom. The van der Waals surface area contributed by atoms with E-state index in [1.54, 1.807) is 0 Å². The van der Waals surface area contributed by atoms with Crippen LogP contribution in [0.1, 0.15) is 25.0 Å². The number of nitrogens with zero attached hydrogens (tertiary/aromatic N) is 1. The lowest BCUT2D eigenvalue weighted by Gasteiger charge is -2.21. The van der Waals surface area contributed by atoms with Gasteiger partial charge in [0.1, 0.15) is 0 Å². The number of benzene rings is 1. The third-order valence-corrected chi connectivity index (χ3v) is 4.18. The second-order valence-electron chi connectivity index (χ2n) is 5.90. The van der Waals surface area contributed by atoms with E-state index in [2.05, 4.69) is 49.3 Å². The van der Waals surface area contributed by atoms with Gasteiger partial charge in [-0.3, -0.25) is 0 Å². The molecule has 1 N–H and O–H groups in total. The van der Waals surface area contributed by atoms with Crippen LogP contribution in [0, 0.1) is 11.8 Å². The van der Waals surface area contributed by atoms with Gasteiger partial charge in [0, 0.05) is 19.3 Å². The van der Waals surface area contributed by atoms with Crippen LogP contribution in [-0.2, 0) is 12.8 Å². The van der Waals surface area contributed by atoms with Crippen molar-refractivity contribution >= 4 is 5.69 Å². The van der Waals surface area contributed by atoms with Gasteiger partial charge in [-0.1, -0.05) is 26.0 Å². The Hall–Kier alpha value is -1.02. The third-order valence-electron chi connectivity index (χ3n) is 4.18. The molecule has 0 amide bonds. The molecule has 0 aromatic heterocycles. The molecule has 2 heteroatoms. The molecule has 1 aliphatic heterocycles. The van der Waals surface area contributed by atoms with Crippen LogP contribution < -0.4 is 10.2 Å². The minimum atomic E-state index is 0.729. The zero-order valence-corrected chi connectivity index (χ0v) is 12.2. The molecular weight excluding hydrogens is 220 g/mol. The Morgan fingerprint density at radius 3 is 2.78 bits per heavy atom. The lowest BCUT2D eigenvalue weighted by Crippen LogP contribution is -2.25. The predicted molar refractivity (Wildman–Crippen MR) is 79.4 cm³/mol. The molecule has 0 aliphatic carbocycles. The normalized spacial score (nSPS) is 16.2. The average molecular weight is 246 g/mol. The van der Waals surface area contributed by atoms with Crippen molar-refractivity contribution in [2.75, 3.05) is 32.1 Å². The molecule has 1 atom stereocenters. The lowest BCUT2D eigenvalue weighted by atomic mass is 9.88. The summed E-state index contributed by atoms with van der Waals surface area (Å²) in [6, 6.07) is 7.03. The highest BCUT2D eigenvalue weighted by molar-refractivity contribution is 5.58. The number of rotatable bonds is 5. The minimum absolute atomic E-state index is 0.729. The fraction of sp³-hybridized carbons (Fsp3) is 0.625. The molecule has 1 aromatic rings. The van der Waals surface area contributed by atoms with E-state index in [1.807, 2.05) is 7.05 Å². The monoisotopic (exact) mass is 246 g/mol. The van der Waals surface area contributed by atoms with Crippen LogP contribution in [0.3, 0.4) is 0 Å². The van der Waals surface area contributed by atoms with Gasteiger partial charge in [-0.25, -0.2) is 0 Å². The first-order chi connectivity index (χ1) is 8.61. The highest BCUT2D eigenvalue weighted by atomic mass is 15.1. The van der Waals surface area contributed by atoms with Crippen molar-refractivity contribution in [3.63, 3.8) is 0 Å². The largest absolute Gasteiger partial charge is 0.374 e. The van der Waals surface area contributed by atoms with Gasteiger partial charge >= 0.3 is 0 Å². The molecule has 0 bridgehead atoms. The second-order valence-corrected chi connectivity index (χ2v) is 5.90. The number of likely N-dealkylation sites (N-methyl/N-ethyl adjacent to an activating group) is 1. The summed E-state index contributed by atoms with van der Waals surface area (Å²) in [6.45, 7) is 6.92. The topological polar surface area (TPSA) is 15.3 Å². The van der Waals surface area contributed by atoms with Crippen molar-refractivity contribution in [2.24, 2.45) is 11.8 Å². The molecule has 0 radical (unpaired) electrons. The molecule has 1 aromatic carbocycles. The van der Waals surface area contributed by atoms with Crippen LogP contribution in [-0.4, -0.2) is 27.2 Å². The molecule has 100 valence electrons. The first-order valence-corrected chi connectivity index (χ1v) is 7.09. The van der Waals surface area contributed by atoms with Gasteiger partial charge in [-0.2, -0.15) is 0 Å². The van der Waals surface area contributed by atoms with Gasteiger partial charge in [0.15, 0.2) is 0 Å². The van der Waals surface area contributed by atoms with Gasteiger partial charge in [0.25, 0.3) is 0 Å². The second kappa shape index (κ2) is 5.75. The average Bonchev–Trinajstić information content (AvgIpc) is 2.70. The van der Waals surface area contributed by atoms with Crippen molar-refractivity contribution in [3.05, 3.63) is 29.3 Å². The molecule has 0 saturated carbocycles. The molecule has 1 heterocycles. The quantitative estimate of drug-likeness (QED) is 0.859. The summed E-state index contributed by atoms with van der Waals surface area (Å²) in [5.41, 5.74) is 4.45. The number of hydrogen-bond donors (Lipinski definition) is 1. The van der Waals surface area contributed by atoms with E-state index in [4.69, 9.17) is 0 Å². The van der Waals surface area contributed by atoms with Crippen molar-refractivity contribution in [1.82, 2.24) is 5.32 Å². The van der Waals surface area contributed by atoms with E-state index in [0.717, 1.165) is 18.4 Å². The molecule has 1 unspecified atom stereocenters. The molecule has 0 spiro atoms. The Labute approximate surface area is 111 Å². The number of fused-ring (bicyclic) bond motifs is 1. The summed E-state index contributed by atoms with van der Waals surface area (Å²) in [4.78, 5) is 2.35. The predicted octanol–water partition coefficient (Wildman–Crippen LogP) is 2.71. The number of anilines is 1. The summed E-state index contributed by atoms with van der Waals surface area (Å²) < 4.78 is 0. The molecule has 2 rings (SSSR count). The van der Waals surface area contributed by atoms with E-state index in [9.17, 15) is 0 Å². The Bertz CT molecular complexity index is 398. The molecule has 0 saturated heterocycles. The smallest absolute Gasteiger partial charge is 0.0397 e. The first kappa shape index (κ1) is 13.4. The zero-order valence-electron chi connectivity index (χ0n) is 12.2. The minimum Gasteiger partial charge on any atom is -0.374 e. The van der Waals surface area contributed by atoms with Crippen molar-refractivity contribution in [3.8, 4) is 0 Å². The van der Waals surface area contributed by atoms with Crippen LogP contribution >= 0.6 is 0 Å². The van der Waals surface area contributed by atoms with Gasteiger partial charge < -0.3 is 10.2 Å². The first-order valence-electron chi connectivity index (χ1n) is 7.09. The van der Waals surface area contributed by atoms with Crippen LogP contribution in [0.4, 0.5) is 5.69 Å². The van der Waals surface area contributed by atoms with Crippen LogP contribution in [0.5, 0.6) is 0 Å². The van der Waals surface area contributed by atoms with Crippen LogP contribution in [0.2, 0.25) is 0 Å². The fourth-order valence-corrected chi connectivity index (χ4v) is 2.86. The molecule has 2 nitrogen and oxygen atoms in total. The van der Waals surface area contributed by atoms with Crippen molar-refractivity contribution in [1.29, 1.82) is 0 Å². The summed E-state index contributed by atoms with van der Waals surface area (Å²) in [7, 11) is 4.23. The van der Waals surface area contributed by atoms with E-state index in [-0.39, 0.29) is 0 Å².